The molecule has 0 aromatic rings. The van der Waals surface area contributed by atoms with Gasteiger partial charge in [-0.3, -0.25) is 0 Å². The number of methoxy groups -OCH3 is 1. The van der Waals surface area contributed by atoms with Crippen molar-refractivity contribution in [3.05, 3.63) is 0 Å². The summed E-state index contributed by atoms with van der Waals surface area (Å²) in [4.78, 5) is 0. The third kappa shape index (κ3) is 3.11. The summed E-state index contributed by atoms with van der Waals surface area (Å²) in [5.74, 6) is 0. The van der Waals surface area contributed by atoms with E-state index < -0.39 is 12.6 Å². The highest BCUT2D eigenvalue weighted by molar-refractivity contribution is 4.94. The minimum absolute atomic E-state index is 0.115. The molecule has 0 amide bonds. The molecule has 14 heavy (non-hydrogen) atoms. The Hall–Kier alpha value is -0.330. The molecule has 1 fully saturated rings. The molecule has 0 spiro atoms. The van der Waals surface area contributed by atoms with E-state index in [1.807, 2.05) is 0 Å². The quantitative estimate of drug-likeness (QED) is 0.759. The van der Waals surface area contributed by atoms with Crippen molar-refractivity contribution in [2.24, 2.45) is 5.73 Å². The van der Waals surface area contributed by atoms with E-state index in [4.69, 9.17) is 15.2 Å². The van der Waals surface area contributed by atoms with Gasteiger partial charge in [-0.2, -0.15) is 13.2 Å². The number of hydrogen-bond acceptors (Lipinski definition) is 3. The highest BCUT2D eigenvalue weighted by atomic mass is 19.4. The summed E-state index contributed by atoms with van der Waals surface area (Å²) in [6.45, 7) is -0.319. The Kier molecular flexibility index (Phi) is 3.74. The van der Waals surface area contributed by atoms with Crippen molar-refractivity contribution in [1.29, 1.82) is 0 Å². The van der Waals surface area contributed by atoms with Gasteiger partial charge in [-0.25, -0.2) is 0 Å². The number of ether oxygens (including phenoxy) is 2. The van der Waals surface area contributed by atoms with Gasteiger partial charge in [0, 0.05) is 13.2 Å². The average molecular weight is 213 g/mol. The van der Waals surface area contributed by atoms with Crippen molar-refractivity contribution in [3.63, 3.8) is 0 Å². The van der Waals surface area contributed by atoms with E-state index in [9.17, 15) is 13.2 Å². The molecule has 3 unspecified atom stereocenters. The van der Waals surface area contributed by atoms with Crippen LogP contribution in [0.2, 0.25) is 0 Å². The van der Waals surface area contributed by atoms with Gasteiger partial charge in [-0.1, -0.05) is 0 Å². The molecule has 0 aliphatic heterocycles. The second-order valence-corrected chi connectivity index (χ2v) is 3.37. The Labute approximate surface area is 80.4 Å². The fourth-order valence-electron chi connectivity index (χ4n) is 1.43. The Morgan fingerprint density at radius 1 is 1.43 bits per heavy atom. The maximum absolute atomic E-state index is 11.7. The Morgan fingerprint density at radius 3 is 2.50 bits per heavy atom. The number of rotatable bonds is 4. The second-order valence-electron chi connectivity index (χ2n) is 3.37. The van der Waals surface area contributed by atoms with E-state index in [1.54, 1.807) is 0 Å². The number of hydrogen-bond donors (Lipinski definition) is 1. The number of halogens is 3. The van der Waals surface area contributed by atoms with E-state index in [2.05, 4.69) is 0 Å². The maximum atomic E-state index is 11.7. The molecule has 0 saturated heterocycles. The van der Waals surface area contributed by atoms with Crippen molar-refractivity contribution in [3.8, 4) is 0 Å². The maximum Gasteiger partial charge on any atom is 0.391 e. The molecule has 6 heteroatoms. The Bertz CT molecular complexity index is 186. The molecule has 1 aliphatic carbocycles. The topological polar surface area (TPSA) is 44.5 Å². The van der Waals surface area contributed by atoms with Crippen LogP contribution in [0.25, 0.3) is 0 Å². The van der Waals surface area contributed by atoms with Gasteiger partial charge in [0.2, 0.25) is 0 Å². The molecular formula is C8H14F3NO2. The lowest BCUT2D eigenvalue weighted by molar-refractivity contribution is -0.170. The Morgan fingerprint density at radius 2 is 2.07 bits per heavy atom. The van der Waals surface area contributed by atoms with Gasteiger partial charge < -0.3 is 15.2 Å². The molecule has 0 radical (unpaired) electrons. The van der Waals surface area contributed by atoms with Crippen LogP contribution in [0.3, 0.4) is 0 Å². The SMILES string of the molecule is COC1C(N)CC1OCCC(F)(F)F. The zero-order valence-electron chi connectivity index (χ0n) is 7.88. The van der Waals surface area contributed by atoms with Crippen molar-refractivity contribution < 1.29 is 22.6 Å². The van der Waals surface area contributed by atoms with Gasteiger partial charge in [0.1, 0.15) is 0 Å². The summed E-state index contributed by atoms with van der Waals surface area (Å²) in [5.41, 5.74) is 5.55. The van der Waals surface area contributed by atoms with Crippen molar-refractivity contribution >= 4 is 0 Å². The molecule has 1 saturated carbocycles. The first-order valence-corrected chi connectivity index (χ1v) is 4.41. The van der Waals surface area contributed by atoms with Crippen molar-refractivity contribution in [2.45, 2.75) is 37.3 Å². The van der Waals surface area contributed by atoms with E-state index in [1.165, 1.54) is 7.11 Å². The molecule has 0 aromatic heterocycles. The Balaban J connectivity index is 2.14. The lowest BCUT2D eigenvalue weighted by atomic mass is 9.86. The van der Waals surface area contributed by atoms with Gasteiger partial charge in [-0.15, -0.1) is 0 Å². The van der Waals surface area contributed by atoms with Crippen molar-refractivity contribution in [2.75, 3.05) is 13.7 Å². The largest absolute Gasteiger partial charge is 0.391 e. The molecule has 0 aromatic carbocycles. The first-order valence-electron chi connectivity index (χ1n) is 4.41. The molecule has 0 bridgehead atoms. The average Bonchev–Trinajstić information content (AvgIpc) is 2.01. The standard InChI is InChI=1S/C8H14F3NO2/c1-13-7-5(12)4-6(7)14-3-2-8(9,10)11/h5-7H,2-4,12H2,1H3. The fourth-order valence-corrected chi connectivity index (χ4v) is 1.43. The predicted octanol–water partition coefficient (Wildman–Crippen LogP) is 1.07. The molecular weight excluding hydrogens is 199 g/mol. The summed E-state index contributed by atoms with van der Waals surface area (Å²) >= 11 is 0. The molecule has 0 heterocycles. The lowest BCUT2D eigenvalue weighted by Gasteiger charge is -2.40. The van der Waals surface area contributed by atoms with E-state index >= 15 is 0 Å². The third-order valence-corrected chi connectivity index (χ3v) is 2.28. The first kappa shape index (κ1) is 11.7. The van der Waals surface area contributed by atoms with Gasteiger partial charge in [0.25, 0.3) is 0 Å². The minimum atomic E-state index is -4.16. The van der Waals surface area contributed by atoms with Gasteiger partial charge >= 0.3 is 6.18 Å². The zero-order chi connectivity index (χ0) is 10.8. The van der Waals surface area contributed by atoms with Crippen LogP contribution in [-0.4, -0.2) is 38.1 Å². The van der Waals surface area contributed by atoms with Crippen molar-refractivity contribution in [1.82, 2.24) is 0 Å². The molecule has 1 aliphatic rings. The summed E-state index contributed by atoms with van der Waals surface area (Å²) in [6.07, 6.45) is -5.06. The molecule has 1 rings (SSSR count). The number of nitrogens with two attached hydrogens (primary N) is 1. The lowest BCUT2D eigenvalue weighted by Crippen LogP contribution is -2.57. The highest BCUT2D eigenvalue weighted by Gasteiger charge is 2.40. The smallest absolute Gasteiger partial charge is 0.377 e. The monoisotopic (exact) mass is 213 g/mol. The highest BCUT2D eigenvalue weighted by Crippen LogP contribution is 2.26. The van der Waals surface area contributed by atoms with Crippen LogP contribution in [0.15, 0.2) is 0 Å². The summed E-state index contributed by atoms with van der Waals surface area (Å²) in [6, 6.07) is -0.115. The summed E-state index contributed by atoms with van der Waals surface area (Å²) in [7, 11) is 1.48. The normalized spacial score (nSPS) is 32.8. The second kappa shape index (κ2) is 4.46. The summed E-state index contributed by atoms with van der Waals surface area (Å²) < 4.78 is 45.2. The molecule has 3 atom stereocenters. The van der Waals surface area contributed by atoms with Crippen LogP contribution in [0.5, 0.6) is 0 Å². The predicted molar refractivity (Wildman–Crippen MR) is 43.8 cm³/mol. The van der Waals surface area contributed by atoms with Crippen LogP contribution in [0.4, 0.5) is 13.2 Å². The third-order valence-electron chi connectivity index (χ3n) is 2.28. The van der Waals surface area contributed by atoms with Gasteiger partial charge in [0.15, 0.2) is 0 Å². The van der Waals surface area contributed by atoms with E-state index in [0.717, 1.165) is 0 Å². The van der Waals surface area contributed by atoms with Crippen LogP contribution in [-0.2, 0) is 9.47 Å². The van der Waals surface area contributed by atoms with Crippen LogP contribution in [0, 0.1) is 0 Å². The molecule has 2 N–H and O–H groups in total. The first-order chi connectivity index (χ1) is 6.44. The number of alkyl halides is 3. The van der Waals surface area contributed by atoms with Crippen LogP contribution in [0.1, 0.15) is 12.8 Å². The molecule has 84 valence electrons. The van der Waals surface area contributed by atoms with Gasteiger partial charge in [-0.05, 0) is 6.42 Å². The van der Waals surface area contributed by atoms with Crippen LogP contribution < -0.4 is 5.73 Å². The minimum Gasteiger partial charge on any atom is -0.377 e. The zero-order valence-corrected chi connectivity index (χ0v) is 7.88. The van der Waals surface area contributed by atoms with Gasteiger partial charge in [0.05, 0.1) is 25.2 Å². The summed E-state index contributed by atoms with van der Waals surface area (Å²) in [5, 5.41) is 0. The fraction of sp³-hybridized carbons (Fsp3) is 1.00. The van der Waals surface area contributed by atoms with E-state index in [-0.39, 0.29) is 24.9 Å². The van der Waals surface area contributed by atoms with Crippen LogP contribution >= 0.6 is 0 Å². The van der Waals surface area contributed by atoms with E-state index in [0.29, 0.717) is 6.42 Å². The molecule has 3 nitrogen and oxygen atoms in total.